The predicted octanol–water partition coefficient (Wildman–Crippen LogP) is 1.13. The number of amides is 2. The Labute approximate surface area is 114 Å². The van der Waals surface area contributed by atoms with Gasteiger partial charge in [0.15, 0.2) is 0 Å². The maximum absolute atomic E-state index is 12.4. The molecule has 0 bridgehead atoms. The van der Waals surface area contributed by atoms with Crippen molar-refractivity contribution in [2.24, 2.45) is 0 Å². The lowest BCUT2D eigenvalue weighted by Gasteiger charge is -2.23. The summed E-state index contributed by atoms with van der Waals surface area (Å²) in [5, 5.41) is 0. The third-order valence-electron chi connectivity index (χ3n) is 2.99. The van der Waals surface area contributed by atoms with Crippen LogP contribution in [-0.4, -0.2) is 48.8 Å². The van der Waals surface area contributed by atoms with Gasteiger partial charge in [0.1, 0.15) is 0 Å². The van der Waals surface area contributed by atoms with Gasteiger partial charge < -0.3 is 15.5 Å². The van der Waals surface area contributed by atoms with Crippen molar-refractivity contribution < 1.29 is 9.59 Å². The van der Waals surface area contributed by atoms with Crippen LogP contribution in [0.5, 0.6) is 0 Å². The summed E-state index contributed by atoms with van der Waals surface area (Å²) in [6.07, 6.45) is 0. The van der Waals surface area contributed by atoms with E-state index in [0.29, 0.717) is 17.8 Å². The fourth-order valence-corrected chi connectivity index (χ4v) is 1.67. The molecule has 1 aromatic carbocycles. The average Bonchev–Trinajstić information content (AvgIpc) is 2.37. The second-order valence-corrected chi connectivity index (χ2v) is 4.68. The number of likely N-dealkylation sites (N-methyl/N-ethyl adjacent to an activating group) is 2. The number of nitrogens with zero attached hydrogens (tertiary/aromatic N) is 2. The number of benzene rings is 1. The highest BCUT2D eigenvalue weighted by Crippen LogP contribution is 2.15. The highest BCUT2D eigenvalue weighted by Gasteiger charge is 2.19. The van der Waals surface area contributed by atoms with Gasteiger partial charge in [-0.05, 0) is 31.5 Å². The standard InChI is InChI=1S/C14H21N3O2/c1-5-17(9-13(18)16(3)4)14(19)12-8-11(15)7-6-10(12)2/h6-8H,5,9,15H2,1-4H3. The molecule has 0 spiro atoms. The van der Waals surface area contributed by atoms with Crippen molar-refractivity contribution >= 4 is 17.5 Å². The Morgan fingerprint density at radius 3 is 2.42 bits per heavy atom. The topological polar surface area (TPSA) is 66.6 Å². The Morgan fingerprint density at radius 2 is 1.89 bits per heavy atom. The van der Waals surface area contributed by atoms with Crippen LogP contribution in [0.2, 0.25) is 0 Å². The Kier molecular flexibility index (Phi) is 4.92. The van der Waals surface area contributed by atoms with Gasteiger partial charge in [-0.15, -0.1) is 0 Å². The first-order chi connectivity index (χ1) is 8.86. The second kappa shape index (κ2) is 6.22. The number of rotatable bonds is 4. The van der Waals surface area contributed by atoms with Gasteiger partial charge >= 0.3 is 0 Å². The van der Waals surface area contributed by atoms with E-state index in [1.807, 2.05) is 19.9 Å². The Morgan fingerprint density at radius 1 is 1.26 bits per heavy atom. The van der Waals surface area contributed by atoms with Crippen LogP contribution in [0.1, 0.15) is 22.8 Å². The predicted molar refractivity (Wildman–Crippen MR) is 75.9 cm³/mol. The summed E-state index contributed by atoms with van der Waals surface area (Å²) in [6.45, 7) is 4.26. The third kappa shape index (κ3) is 3.71. The molecule has 0 unspecified atom stereocenters. The Hall–Kier alpha value is -2.04. The van der Waals surface area contributed by atoms with E-state index in [-0.39, 0.29) is 18.4 Å². The summed E-state index contributed by atoms with van der Waals surface area (Å²) in [7, 11) is 3.35. The Bertz CT molecular complexity index is 484. The number of carbonyl (C=O) groups is 2. The largest absolute Gasteiger partial charge is 0.399 e. The summed E-state index contributed by atoms with van der Waals surface area (Å²) in [5.74, 6) is -0.265. The highest BCUT2D eigenvalue weighted by molar-refractivity contribution is 5.98. The maximum atomic E-state index is 12.4. The summed E-state index contributed by atoms with van der Waals surface area (Å²) >= 11 is 0. The molecule has 0 aromatic heterocycles. The number of carbonyl (C=O) groups excluding carboxylic acids is 2. The van der Waals surface area contributed by atoms with Gasteiger partial charge in [0.2, 0.25) is 5.91 Å². The van der Waals surface area contributed by atoms with E-state index in [4.69, 9.17) is 5.73 Å². The summed E-state index contributed by atoms with van der Waals surface area (Å²) in [5.41, 5.74) is 7.66. The minimum absolute atomic E-state index is 0.0799. The molecule has 2 N–H and O–H groups in total. The lowest BCUT2D eigenvalue weighted by atomic mass is 10.1. The molecule has 1 rings (SSSR count). The zero-order valence-electron chi connectivity index (χ0n) is 11.9. The number of anilines is 1. The molecule has 0 fully saturated rings. The van der Waals surface area contributed by atoms with E-state index in [0.717, 1.165) is 5.56 Å². The second-order valence-electron chi connectivity index (χ2n) is 4.68. The van der Waals surface area contributed by atoms with E-state index in [1.165, 1.54) is 9.80 Å². The molecule has 0 aliphatic rings. The minimum Gasteiger partial charge on any atom is -0.399 e. The normalized spacial score (nSPS) is 10.1. The van der Waals surface area contributed by atoms with Crippen LogP contribution in [-0.2, 0) is 4.79 Å². The van der Waals surface area contributed by atoms with Crippen LogP contribution in [0.3, 0.4) is 0 Å². The van der Waals surface area contributed by atoms with Gasteiger partial charge in [0.05, 0.1) is 6.54 Å². The first kappa shape index (κ1) is 15.0. The summed E-state index contributed by atoms with van der Waals surface area (Å²) < 4.78 is 0. The average molecular weight is 263 g/mol. The summed E-state index contributed by atoms with van der Waals surface area (Å²) in [6, 6.07) is 5.22. The number of hydrogen-bond acceptors (Lipinski definition) is 3. The lowest BCUT2D eigenvalue weighted by molar-refractivity contribution is -0.129. The smallest absolute Gasteiger partial charge is 0.254 e. The molecule has 5 heteroatoms. The summed E-state index contributed by atoms with van der Waals surface area (Å²) in [4.78, 5) is 27.1. The van der Waals surface area contributed by atoms with E-state index in [9.17, 15) is 9.59 Å². The highest BCUT2D eigenvalue weighted by atomic mass is 16.2. The first-order valence-electron chi connectivity index (χ1n) is 6.22. The molecule has 0 heterocycles. The van der Waals surface area contributed by atoms with Crippen molar-refractivity contribution in [1.82, 2.24) is 9.80 Å². The van der Waals surface area contributed by atoms with Gasteiger partial charge in [-0.1, -0.05) is 6.07 Å². The van der Waals surface area contributed by atoms with Crippen LogP contribution in [0.15, 0.2) is 18.2 Å². The molecular weight excluding hydrogens is 242 g/mol. The quantitative estimate of drug-likeness (QED) is 0.828. The van der Waals surface area contributed by atoms with Crippen molar-refractivity contribution in [3.8, 4) is 0 Å². The number of nitrogens with two attached hydrogens (primary N) is 1. The lowest BCUT2D eigenvalue weighted by Crippen LogP contribution is -2.40. The van der Waals surface area contributed by atoms with Gasteiger partial charge in [-0.2, -0.15) is 0 Å². The molecule has 104 valence electrons. The molecule has 0 saturated carbocycles. The van der Waals surface area contributed by atoms with Crippen LogP contribution < -0.4 is 5.73 Å². The zero-order valence-corrected chi connectivity index (χ0v) is 11.9. The number of aryl methyl sites for hydroxylation is 1. The van der Waals surface area contributed by atoms with E-state index in [1.54, 1.807) is 26.2 Å². The van der Waals surface area contributed by atoms with Crippen LogP contribution in [0.25, 0.3) is 0 Å². The van der Waals surface area contributed by atoms with Crippen LogP contribution >= 0.6 is 0 Å². The first-order valence-corrected chi connectivity index (χ1v) is 6.22. The maximum Gasteiger partial charge on any atom is 0.254 e. The molecule has 0 saturated heterocycles. The SMILES string of the molecule is CCN(CC(=O)N(C)C)C(=O)c1cc(N)ccc1C. The minimum atomic E-state index is -0.164. The van der Waals surface area contributed by atoms with Crippen molar-refractivity contribution in [3.63, 3.8) is 0 Å². The number of nitrogen functional groups attached to an aromatic ring is 1. The van der Waals surface area contributed by atoms with Gasteiger partial charge in [0.25, 0.3) is 5.91 Å². The van der Waals surface area contributed by atoms with Crippen molar-refractivity contribution in [2.75, 3.05) is 32.9 Å². The fraction of sp³-hybridized carbons (Fsp3) is 0.429. The van der Waals surface area contributed by atoms with E-state index in [2.05, 4.69) is 0 Å². The monoisotopic (exact) mass is 263 g/mol. The van der Waals surface area contributed by atoms with Crippen LogP contribution in [0.4, 0.5) is 5.69 Å². The zero-order chi connectivity index (χ0) is 14.6. The molecule has 2 amide bonds. The van der Waals surface area contributed by atoms with Crippen molar-refractivity contribution in [2.45, 2.75) is 13.8 Å². The van der Waals surface area contributed by atoms with E-state index < -0.39 is 0 Å². The van der Waals surface area contributed by atoms with Gasteiger partial charge in [-0.3, -0.25) is 9.59 Å². The fourth-order valence-electron chi connectivity index (χ4n) is 1.67. The van der Waals surface area contributed by atoms with Crippen molar-refractivity contribution in [1.29, 1.82) is 0 Å². The molecular formula is C14H21N3O2. The van der Waals surface area contributed by atoms with Crippen molar-refractivity contribution in [3.05, 3.63) is 29.3 Å². The molecule has 19 heavy (non-hydrogen) atoms. The van der Waals surface area contributed by atoms with E-state index >= 15 is 0 Å². The molecule has 0 radical (unpaired) electrons. The molecule has 5 nitrogen and oxygen atoms in total. The molecule has 0 aliphatic carbocycles. The Balaban J connectivity index is 2.95. The molecule has 1 aromatic rings. The van der Waals surface area contributed by atoms with Crippen LogP contribution in [0, 0.1) is 6.92 Å². The molecule has 0 aliphatic heterocycles. The molecule has 0 atom stereocenters. The third-order valence-corrected chi connectivity index (χ3v) is 2.99. The van der Waals surface area contributed by atoms with Gasteiger partial charge in [-0.25, -0.2) is 0 Å². The van der Waals surface area contributed by atoms with Gasteiger partial charge in [0, 0.05) is 31.9 Å². The number of hydrogen-bond donors (Lipinski definition) is 1.